The molecule has 0 aliphatic carbocycles. The van der Waals surface area contributed by atoms with Crippen LogP contribution in [0.5, 0.6) is 0 Å². The summed E-state index contributed by atoms with van der Waals surface area (Å²) in [4.78, 5) is 9.07. The summed E-state index contributed by atoms with van der Waals surface area (Å²) >= 11 is 2.23. The number of anilines is 1. The number of halogens is 1. The molecule has 0 amide bonds. The van der Waals surface area contributed by atoms with Crippen LogP contribution in [-0.2, 0) is 5.41 Å². The van der Waals surface area contributed by atoms with Crippen LogP contribution < -0.4 is 5.32 Å². The Labute approximate surface area is 120 Å². The van der Waals surface area contributed by atoms with Gasteiger partial charge in [0.25, 0.3) is 0 Å². The maximum absolute atomic E-state index is 4.58. The SMILES string of the molecule is CNc1cc(-n2cc(I)cn2)nc(C(C)(C)C)n1. The van der Waals surface area contributed by atoms with Gasteiger partial charge in [0.15, 0.2) is 5.82 Å². The number of aromatic nitrogens is 4. The van der Waals surface area contributed by atoms with Crippen LogP contribution in [0.1, 0.15) is 26.6 Å². The van der Waals surface area contributed by atoms with Gasteiger partial charge in [-0.05, 0) is 22.6 Å². The lowest BCUT2D eigenvalue weighted by Gasteiger charge is -2.18. The molecule has 0 bridgehead atoms. The third-order valence-corrected chi connectivity index (χ3v) is 2.98. The Morgan fingerprint density at radius 3 is 2.50 bits per heavy atom. The van der Waals surface area contributed by atoms with E-state index in [1.165, 1.54) is 0 Å². The lowest BCUT2D eigenvalue weighted by atomic mass is 9.96. The molecule has 2 heterocycles. The van der Waals surface area contributed by atoms with Gasteiger partial charge < -0.3 is 5.32 Å². The summed E-state index contributed by atoms with van der Waals surface area (Å²) < 4.78 is 2.84. The Morgan fingerprint density at radius 2 is 2.00 bits per heavy atom. The van der Waals surface area contributed by atoms with Crippen molar-refractivity contribution in [3.05, 3.63) is 27.9 Å². The molecule has 0 unspecified atom stereocenters. The van der Waals surface area contributed by atoms with Crippen molar-refractivity contribution in [2.24, 2.45) is 0 Å². The number of nitrogens with one attached hydrogen (secondary N) is 1. The van der Waals surface area contributed by atoms with E-state index in [9.17, 15) is 0 Å². The van der Waals surface area contributed by atoms with Crippen molar-refractivity contribution in [2.75, 3.05) is 12.4 Å². The van der Waals surface area contributed by atoms with E-state index in [0.717, 1.165) is 21.0 Å². The van der Waals surface area contributed by atoms with Crippen molar-refractivity contribution in [1.82, 2.24) is 19.7 Å². The molecule has 6 heteroatoms. The second-order valence-corrected chi connectivity index (χ2v) is 6.28. The van der Waals surface area contributed by atoms with E-state index in [0.29, 0.717) is 0 Å². The molecule has 0 radical (unpaired) electrons. The summed E-state index contributed by atoms with van der Waals surface area (Å²) in [6.45, 7) is 6.29. The molecule has 0 fully saturated rings. The fraction of sp³-hybridized carbons (Fsp3) is 0.417. The van der Waals surface area contributed by atoms with Crippen molar-refractivity contribution in [3.63, 3.8) is 0 Å². The molecule has 5 nitrogen and oxygen atoms in total. The summed E-state index contributed by atoms with van der Waals surface area (Å²) in [5, 5.41) is 7.34. The van der Waals surface area contributed by atoms with Crippen LogP contribution in [0.15, 0.2) is 18.5 Å². The van der Waals surface area contributed by atoms with Gasteiger partial charge in [-0.1, -0.05) is 20.8 Å². The fourth-order valence-corrected chi connectivity index (χ4v) is 1.83. The highest BCUT2D eigenvalue weighted by Gasteiger charge is 2.19. The molecule has 96 valence electrons. The molecule has 0 saturated carbocycles. The van der Waals surface area contributed by atoms with E-state index in [1.54, 1.807) is 10.9 Å². The minimum absolute atomic E-state index is 0.0953. The van der Waals surface area contributed by atoms with Crippen molar-refractivity contribution >= 4 is 28.4 Å². The number of rotatable bonds is 2. The average Bonchev–Trinajstić information content (AvgIpc) is 2.74. The van der Waals surface area contributed by atoms with E-state index in [1.807, 2.05) is 19.3 Å². The molecule has 0 atom stereocenters. The van der Waals surface area contributed by atoms with E-state index in [4.69, 9.17) is 0 Å². The monoisotopic (exact) mass is 357 g/mol. The smallest absolute Gasteiger partial charge is 0.159 e. The molecule has 0 aliphatic rings. The van der Waals surface area contributed by atoms with Gasteiger partial charge >= 0.3 is 0 Å². The summed E-state index contributed by atoms with van der Waals surface area (Å²) in [5.41, 5.74) is -0.0953. The quantitative estimate of drug-likeness (QED) is 0.840. The van der Waals surface area contributed by atoms with Crippen LogP contribution in [0.2, 0.25) is 0 Å². The molecule has 0 aromatic carbocycles. The molecular weight excluding hydrogens is 341 g/mol. The standard InChI is InChI=1S/C12H16IN5/c1-12(2,3)11-16-9(14-4)5-10(17-11)18-7-8(13)6-15-18/h5-7H,1-4H3,(H,14,16,17). The predicted molar refractivity (Wildman–Crippen MR) is 80.1 cm³/mol. The van der Waals surface area contributed by atoms with E-state index in [2.05, 4.69) is 63.7 Å². The van der Waals surface area contributed by atoms with Gasteiger partial charge in [0, 0.05) is 24.7 Å². The molecule has 18 heavy (non-hydrogen) atoms. The zero-order chi connectivity index (χ0) is 13.3. The van der Waals surface area contributed by atoms with Gasteiger partial charge in [-0.2, -0.15) is 5.10 Å². The molecule has 1 N–H and O–H groups in total. The highest BCUT2D eigenvalue weighted by Crippen LogP contribution is 2.21. The number of hydrogen-bond donors (Lipinski definition) is 1. The molecule has 0 aliphatic heterocycles. The third kappa shape index (κ3) is 2.80. The Hall–Kier alpha value is -1.18. The van der Waals surface area contributed by atoms with Gasteiger partial charge in [0.1, 0.15) is 11.6 Å². The Bertz CT molecular complexity index is 556. The summed E-state index contributed by atoms with van der Waals surface area (Å²) in [6, 6.07) is 1.89. The lowest BCUT2D eigenvalue weighted by Crippen LogP contribution is -2.18. The first kappa shape index (κ1) is 13.3. The Balaban J connectivity index is 2.54. The van der Waals surface area contributed by atoms with E-state index < -0.39 is 0 Å². The molecular formula is C12H16IN5. The minimum Gasteiger partial charge on any atom is -0.373 e. The first-order valence-electron chi connectivity index (χ1n) is 5.68. The number of hydrogen-bond acceptors (Lipinski definition) is 4. The van der Waals surface area contributed by atoms with Crippen LogP contribution in [0.25, 0.3) is 5.82 Å². The topological polar surface area (TPSA) is 55.6 Å². The zero-order valence-electron chi connectivity index (χ0n) is 10.9. The van der Waals surface area contributed by atoms with Crippen LogP contribution >= 0.6 is 22.6 Å². The molecule has 2 aromatic rings. The number of nitrogens with zero attached hydrogens (tertiary/aromatic N) is 4. The lowest BCUT2D eigenvalue weighted by molar-refractivity contribution is 0.543. The van der Waals surface area contributed by atoms with Crippen LogP contribution in [0.4, 0.5) is 5.82 Å². The van der Waals surface area contributed by atoms with Crippen LogP contribution in [0, 0.1) is 3.57 Å². The second-order valence-electron chi connectivity index (χ2n) is 5.04. The minimum atomic E-state index is -0.0953. The van der Waals surface area contributed by atoms with Crippen molar-refractivity contribution in [2.45, 2.75) is 26.2 Å². The van der Waals surface area contributed by atoms with E-state index in [-0.39, 0.29) is 5.41 Å². The van der Waals surface area contributed by atoms with Crippen molar-refractivity contribution in [3.8, 4) is 5.82 Å². The second kappa shape index (κ2) is 4.83. The van der Waals surface area contributed by atoms with Gasteiger partial charge in [-0.25, -0.2) is 14.6 Å². The van der Waals surface area contributed by atoms with Crippen LogP contribution in [0.3, 0.4) is 0 Å². The maximum atomic E-state index is 4.58. The molecule has 2 aromatic heterocycles. The summed E-state index contributed by atoms with van der Waals surface area (Å²) in [6.07, 6.45) is 3.74. The first-order chi connectivity index (χ1) is 8.40. The largest absolute Gasteiger partial charge is 0.373 e. The highest BCUT2D eigenvalue weighted by atomic mass is 127. The zero-order valence-corrected chi connectivity index (χ0v) is 13.1. The van der Waals surface area contributed by atoms with Crippen molar-refractivity contribution < 1.29 is 0 Å². The fourth-order valence-electron chi connectivity index (χ4n) is 1.44. The Morgan fingerprint density at radius 1 is 1.28 bits per heavy atom. The first-order valence-corrected chi connectivity index (χ1v) is 6.76. The summed E-state index contributed by atoms with van der Waals surface area (Å²) in [7, 11) is 1.85. The molecule has 2 rings (SSSR count). The maximum Gasteiger partial charge on any atom is 0.159 e. The summed E-state index contributed by atoms with van der Waals surface area (Å²) in [5.74, 6) is 2.38. The predicted octanol–water partition coefficient (Wildman–Crippen LogP) is 2.61. The van der Waals surface area contributed by atoms with Gasteiger partial charge in [0.2, 0.25) is 0 Å². The van der Waals surface area contributed by atoms with E-state index >= 15 is 0 Å². The molecule has 0 saturated heterocycles. The average molecular weight is 357 g/mol. The normalized spacial score (nSPS) is 11.6. The van der Waals surface area contributed by atoms with Gasteiger partial charge in [0.05, 0.1) is 9.77 Å². The van der Waals surface area contributed by atoms with Gasteiger partial charge in [-0.15, -0.1) is 0 Å². The van der Waals surface area contributed by atoms with Crippen LogP contribution in [-0.4, -0.2) is 26.8 Å². The third-order valence-electron chi connectivity index (χ3n) is 2.43. The van der Waals surface area contributed by atoms with Gasteiger partial charge in [-0.3, -0.25) is 0 Å². The Kier molecular flexibility index (Phi) is 3.56. The highest BCUT2D eigenvalue weighted by molar-refractivity contribution is 14.1. The molecule has 0 spiro atoms. The van der Waals surface area contributed by atoms with Crippen molar-refractivity contribution in [1.29, 1.82) is 0 Å².